The maximum absolute atomic E-state index is 6.90. The van der Waals surface area contributed by atoms with Crippen LogP contribution >= 0.6 is 0 Å². The lowest BCUT2D eigenvalue weighted by atomic mass is 9.95. The second-order valence-electron chi connectivity index (χ2n) is 17.2. The second-order valence-corrected chi connectivity index (χ2v) is 17.2. The van der Waals surface area contributed by atoms with Gasteiger partial charge in [-0.1, -0.05) is 85.6 Å². The highest BCUT2D eigenvalue weighted by Crippen LogP contribution is 2.46. The number of anilines is 6. The molecule has 4 heteroatoms. The van der Waals surface area contributed by atoms with Crippen molar-refractivity contribution >= 4 is 99.5 Å². The molecule has 0 saturated heterocycles. The van der Waals surface area contributed by atoms with E-state index in [9.17, 15) is 0 Å². The normalized spacial score (nSPS) is 11.9. The number of fused-ring (bicyclic) bond motifs is 8. The van der Waals surface area contributed by atoms with Crippen molar-refractivity contribution in [3.63, 3.8) is 0 Å². The van der Waals surface area contributed by atoms with Crippen LogP contribution in [0, 0.1) is 27.7 Å². The van der Waals surface area contributed by atoms with Crippen LogP contribution < -0.4 is 9.80 Å². The van der Waals surface area contributed by atoms with Crippen LogP contribution in [0.2, 0.25) is 0 Å². The van der Waals surface area contributed by atoms with E-state index in [0.717, 1.165) is 94.3 Å². The first kappa shape index (κ1) is 36.8. The van der Waals surface area contributed by atoms with E-state index in [1.54, 1.807) is 0 Å². The maximum atomic E-state index is 6.90. The standard InChI is InChI=1S/C57H46N2O2/c1-34(2)55-56-51(49-29-39-17-23-47(27-41(39)31-53(49)60-56)58(43-19-13-35(3)14-20-43)45-11-7-9-37(5)25-45)33-52-50-30-40-18-24-48(28-42(40)32-54(50)61-57(52)55)59(44-21-15-36(4)16-22-44)46-12-8-10-38(6)26-46/h7-34H,1-6H3. The first-order valence-electron chi connectivity index (χ1n) is 21.2. The van der Waals surface area contributed by atoms with Crippen molar-refractivity contribution in [2.75, 3.05) is 9.80 Å². The number of nitrogens with zero attached hydrogens (tertiary/aromatic N) is 2. The molecular weight excluding hydrogens is 745 g/mol. The fraction of sp³-hybridized carbons (Fsp3) is 0.123. The smallest absolute Gasteiger partial charge is 0.142 e. The minimum absolute atomic E-state index is 0.171. The van der Waals surface area contributed by atoms with Crippen LogP contribution in [0.4, 0.5) is 34.1 Å². The zero-order valence-electron chi connectivity index (χ0n) is 35.4. The zero-order chi connectivity index (χ0) is 41.5. The third kappa shape index (κ3) is 6.29. The highest BCUT2D eigenvalue weighted by atomic mass is 16.3. The van der Waals surface area contributed by atoms with Crippen LogP contribution in [-0.2, 0) is 0 Å². The molecule has 11 aromatic rings. The molecule has 0 amide bonds. The fourth-order valence-corrected chi connectivity index (χ4v) is 9.25. The number of benzene rings is 9. The maximum Gasteiger partial charge on any atom is 0.142 e. The van der Waals surface area contributed by atoms with Crippen LogP contribution in [0.3, 0.4) is 0 Å². The second kappa shape index (κ2) is 14.2. The number of hydrogen-bond donors (Lipinski definition) is 0. The molecule has 0 fully saturated rings. The van der Waals surface area contributed by atoms with Gasteiger partial charge in [0.05, 0.1) is 0 Å². The van der Waals surface area contributed by atoms with Gasteiger partial charge in [-0.25, -0.2) is 0 Å². The molecule has 0 aliphatic heterocycles. The monoisotopic (exact) mass is 790 g/mol. The van der Waals surface area contributed by atoms with Crippen LogP contribution in [0.5, 0.6) is 0 Å². The van der Waals surface area contributed by atoms with Crippen LogP contribution in [0.1, 0.15) is 47.6 Å². The molecule has 0 unspecified atom stereocenters. The van der Waals surface area contributed by atoms with E-state index in [1.807, 2.05) is 0 Å². The van der Waals surface area contributed by atoms with Crippen molar-refractivity contribution in [3.05, 3.63) is 192 Å². The molecule has 61 heavy (non-hydrogen) atoms. The van der Waals surface area contributed by atoms with E-state index >= 15 is 0 Å². The van der Waals surface area contributed by atoms with E-state index in [-0.39, 0.29) is 5.92 Å². The van der Waals surface area contributed by atoms with E-state index in [4.69, 9.17) is 8.83 Å². The summed E-state index contributed by atoms with van der Waals surface area (Å²) in [5.74, 6) is 0.171. The van der Waals surface area contributed by atoms with Gasteiger partial charge in [0.25, 0.3) is 0 Å². The number of hydrogen-bond acceptors (Lipinski definition) is 4. The summed E-state index contributed by atoms with van der Waals surface area (Å²) < 4.78 is 13.8. The molecule has 11 rings (SSSR count). The molecule has 0 bridgehead atoms. The molecule has 0 aliphatic carbocycles. The number of aryl methyl sites for hydroxylation is 4. The molecule has 296 valence electrons. The molecular formula is C57H46N2O2. The van der Waals surface area contributed by atoms with Crippen LogP contribution in [-0.4, -0.2) is 0 Å². The third-order valence-corrected chi connectivity index (χ3v) is 12.3. The largest absolute Gasteiger partial charge is 0.456 e. The summed E-state index contributed by atoms with van der Waals surface area (Å²) in [6, 6.07) is 59.7. The molecule has 2 heterocycles. The minimum Gasteiger partial charge on any atom is -0.456 e. The molecule has 0 atom stereocenters. The summed E-state index contributed by atoms with van der Waals surface area (Å²) in [5.41, 5.74) is 16.3. The van der Waals surface area contributed by atoms with Gasteiger partial charge in [0.2, 0.25) is 0 Å². The van der Waals surface area contributed by atoms with Crippen molar-refractivity contribution in [1.82, 2.24) is 0 Å². The van der Waals surface area contributed by atoms with E-state index in [0.29, 0.717) is 0 Å². The van der Waals surface area contributed by atoms with Crippen LogP contribution in [0.15, 0.2) is 173 Å². The van der Waals surface area contributed by atoms with Crippen molar-refractivity contribution in [3.8, 4) is 0 Å². The highest BCUT2D eigenvalue weighted by molar-refractivity contribution is 6.20. The minimum atomic E-state index is 0.171. The molecule has 4 nitrogen and oxygen atoms in total. The molecule has 0 N–H and O–H groups in total. The van der Waals surface area contributed by atoms with Gasteiger partial charge in [-0.05, 0) is 169 Å². The predicted octanol–water partition coefficient (Wildman–Crippen LogP) is 17.1. The van der Waals surface area contributed by atoms with Gasteiger partial charge in [0, 0.05) is 61.2 Å². The lowest BCUT2D eigenvalue weighted by molar-refractivity contribution is 0.638. The van der Waals surface area contributed by atoms with E-state index < -0.39 is 0 Å². The Balaban J connectivity index is 1.05. The van der Waals surface area contributed by atoms with Crippen molar-refractivity contribution in [1.29, 1.82) is 0 Å². The van der Waals surface area contributed by atoms with Crippen molar-refractivity contribution in [2.45, 2.75) is 47.5 Å². The van der Waals surface area contributed by atoms with Gasteiger partial charge in [-0.3, -0.25) is 0 Å². The summed E-state index contributed by atoms with van der Waals surface area (Å²) >= 11 is 0. The van der Waals surface area contributed by atoms with Crippen molar-refractivity contribution < 1.29 is 8.83 Å². The summed E-state index contributed by atoms with van der Waals surface area (Å²) in [4.78, 5) is 4.67. The molecule has 0 radical (unpaired) electrons. The first-order chi connectivity index (χ1) is 29.6. The summed E-state index contributed by atoms with van der Waals surface area (Å²) in [6.07, 6.45) is 0. The SMILES string of the molecule is Cc1ccc(N(c2cccc(C)c2)c2ccc3cc4c(cc3c2)oc2c(C(C)C)c3oc5cc6cc(N(c7ccc(C)cc7)c7cccc(C)c7)ccc6cc5c3cc24)cc1. The zero-order valence-corrected chi connectivity index (χ0v) is 35.4. The van der Waals surface area contributed by atoms with Gasteiger partial charge >= 0.3 is 0 Å². The molecule has 0 saturated carbocycles. The topological polar surface area (TPSA) is 32.8 Å². The van der Waals surface area contributed by atoms with Gasteiger partial charge in [-0.2, -0.15) is 0 Å². The Morgan fingerprint density at radius 2 is 0.754 bits per heavy atom. The van der Waals surface area contributed by atoms with E-state index in [1.165, 1.54) is 33.0 Å². The Hall–Kier alpha value is -7.30. The Bertz CT molecular complexity index is 3270. The van der Waals surface area contributed by atoms with Gasteiger partial charge < -0.3 is 18.6 Å². The number of rotatable bonds is 7. The first-order valence-corrected chi connectivity index (χ1v) is 21.2. The Morgan fingerprint density at radius 1 is 0.344 bits per heavy atom. The van der Waals surface area contributed by atoms with Gasteiger partial charge in [0.15, 0.2) is 0 Å². The number of furan rings is 2. The fourth-order valence-electron chi connectivity index (χ4n) is 9.25. The summed E-state index contributed by atoms with van der Waals surface area (Å²) in [6.45, 7) is 13.0. The molecule has 9 aromatic carbocycles. The predicted molar refractivity (Wildman–Crippen MR) is 258 cm³/mol. The van der Waals surface area contributed by atoms with Crippen molar-refractivity contribution in [2.24, 2.45) is 0 Å². The summed E-state index contributed by atoms with van der Waals surface area (Å²) in [5, 5.41) is 9.04. The van der Waals surface area contributed by atoms with Gasteiger partial charge in [0.1, 0.15) is 22.3 Å². The average molecular weight is 791 g/mol. The quantitative estimate of drug-likeness (QED) is 0.161. The molecule has 0 spiro atoms. The third-order valence-electron chi connectivity index (χ3n) is 12.3. The van der Waals surface area contributed by atoms with E-state index in [2.05, 4.69) is 215 Å². The van der Waals surface area contributed by atoms with Gasteiger partial charge in [-0.15, -0.1) is 0 Å². The molecule has 2 aromatic heterocycles. The Labute approximate surface area is 355 Å². The molecule has 0 aliphatic rings. The lowest BCUT2D eigenvalue weighted by Gasteiger charge is -2.26. The average Bonchev–Trinajstić information content (AvgIpc) is 3.78. The highest BCUT2D eigenvalue weighted by Gasteiger charge is 2.23. The summed E-state index contributed by atoms with van der Waals surface area (Å²) in [7, 11) is 0. The lowest BCUT2D eigenvalue weighted by Crippen LogP contribution is -2.10. The Morgan fingerprint density at radius 3 is 1.16 bits per heavy atom. The Kier molecular flexibility index (Phi) is 8.54. The van der Waals surface area contributed by atoms with Crippen LogP contribution in [0.25, 0.3) is 65.4 Å².